The lowest BCUT2D eigenvalue weighted by Gasteiger charge is -2.48. The summed E-state index contributed by atoms with van der Waals surface area (Å²) in [6.07, 6.45) is 3.01. The number of furan rings is 1. The fraction of sp³-hybridized carbons (Fsp3) is 0.423. The number of phenols is 1. The molecule has 0 aliphatic carbocycles. The van der Waals surface area contributed by atoms with Gasteiger partial charge in [-0.3, -0.25) is 0 Å². The molecule has 0 atom stereocenters. The van der Waals surface area contributed by atoms with E-state index in [0.717, 1.165) is 50.4 Å². The Morgan fingerprint density at radius 3 is 2.72 bits per heavy atom. The molecule has 6 nitrogen and oxygen atoms in total. The number of phenolic OH excluding ortho intramolecular Hbond substituents is 1. The molecule has 3 aromatic rings. The minimum absolute atomic E-state index is 0.183. The van der Waals surface area contributed by atoms with Gasteiger partial charge in [0.25, 0.3) is 0 Å². The zero-order chi connectivity index (χ0) is 22.1. The van der Waals surface area contributed by atoms with Crippen LogP contribution < -0.4 is 0 Å². The number of piperidine rings is 1. The molecule has 2 fully saturated rings. The third-order valence-corrected chi connectivity index (χ3v) is 6.69. The van der Waals surface area contributed by atoms with Gasteiger partial charge >= 0.3 is 5.97 Å². The Balaban J connectivity index is 1.52. The van der Waals surface area contributed by atoms with E-state index in [1.807, 2.05) is 30.3 Å². The van der Waals surface area contributed by atoms with Gasteiger partial charge in [0.2, 0.25) is 0 Å². The largest absolute Gasteiger partial charge is 0.508 e. The molecule has 5 rings (SSSR count). The van der Waals surface area contributed by atoms with E-state index in [4.69, 9.17) is 13.9 Å². The van der Waals surface area contributed by atoms with Crippen molar-refractivity contribution in [2.45, 2.75) is 26.2 Å². The molecule has 3 heterocycles. The molecule has 168 valence electrons. The van der Waals surface area contributed by atoms with Crippen molar-refractivity contribution in [2.24, 2.45) is 5.41 Å². The van der Waals surface area contributed by atoms with Crippen LogP contribution in [0.1, 0.15) is 35.7 Å². The van der Waals surface area contributed by atoms with E-state index in [9.17, 15) is 9.90 Å². The van der Waals surface area contributed by atoms with E-state index in [0.29, 0.717) is 34.1 Å². The van der Waals surface area contributed by atoms with E-state index < -0.39 is 5.97 Å². The molecular formula is C26H29NO5. The van der Waals surface area contributed by atoms with Crippen LogP contribution in [-0.4, -0.2) is 55.4 Å². The van der Waals surface area contributed by atoms with Gasteiger partial charge in [0.15, 0.2) is 0 Å². The summed E-state index contributed by atoms with van der Waals surface area (Å²) in [5.41, 5.74) is 2.82. The second-order valence-corrected chi connectivity index (χ2v) is 8.95. The Hall–Kier alpha value is -2.83. The van der Waals surface area contributed by atoms with Crippen LogP contribution in [0.5, 0.6) is 5.75 Å². The molecule has 2 aromatic carbocycles. The van der Waals surface area contributed by atoms with Crippen LogP contribution in [-0.2, 0) is 15.9 Å². The van der Waals surface area contributed by atoms with Crippen LogP contribution in [0.15, 0.2) is 46.9 Å². The molecule has 6 heteroatoms. The van der Waals surface area contributed by atoms with Crippen LogP contribution in [0.3, 0.4) is 0 Å². The third kappa shape index (κ3) is 3.78. The number of hydrogen-bond donors (Lipinski definition) is 1. The second kappa shape index (κ2) is 8.60. The molecule has 0 unspecified atom stereocenters. The number of esters is 1. The second-order valence-electron chi connectivity index (χ2n) is 8.95. The molecule has 32 heavy (non-hydrogen) atoms. The first-order valence-electron chi connectivity index (χ1n) is 11.4. The Kier molecular flexibility index (Phi) is 5.66. The summed E-state index contributed by atoms with van der Waals surface area (Å²) in [4.78, 5) is 15.5. The number of fused-ring (bicyclic) bond motifs is 1. The molecule has 0 radical (unpaired) electrons. The summed E-state index contributed by atoms with van der Waals surface area (Å²) in [6, 6.07) is 12.9. The van der Waals surface area contributed by atoms with Crippen molar-refractivity contribution in [3.63, 3.8) is 0 Å². The fourth-order valence-electron chi connectivity index (χ4n) is 5.09. The molecule has 0 bridgehead atoms. The highest BCUT2D eigenvalue weighted by Crippen LogP contribution is 2.40. The molecule has 2 saturated heterocycles. The van der Waals surface area contributed by atoms with Gasteiger partial charge in [-0.1, -0.05) is 30.3 Å². The maximum Gasteiger partial charge on any atom is 0.342 e. The average molecular weight is 436 g/mol. The number of benzene rings is 2. The van der Waals surface area contributed by atoms with Crippen molar-refractivity contribution in [3.8, 4) is 17.1 Å². The third-order valence-electron chi connectivity index (χ3n) is 6.69. The first kappa shape index (κ1) is 21.0. The summed E-state index contributed by atoms with van der Waals surface area (Å²) in [7, 11) is 0. The molecule has 2 aliphatic heterocycles. The SMILES string of the molecule is CCOC(=O)c1c(-c2ccccc2)oc2ccc(O)c(CCN3CCCC4(COC4)C3)c12. The van der Waals surface area contributed by atoms with Crippen molar-refractivity contribution < 1.29 is 23.8 Å². The molecule has 1 N–H and O–H groups in total. The molecule has 2 aliphatic rings. The molecule has 1 spiro atoms. The summed E-state index contributed by atoms with van der Waals surface area (Å²) < 4.78 is 17.0. The quantitative estimate of drug-likeness (QED) is 0.569. The number of ether oxygens (including phenoxy) is 2. The number of carbonyl (C=O) groups excluding carboxylic acids is 1. The van der Waals surface area contributed by atoms with Gasteiger partial charge in [-0.25, -0.2) is 4.79 Å². The van der Waals surface area contributed by atoms with Crippen LogP contribution in [0.4, 0.5) is 0 Å². The topological polar surface area (TPSA) is 72.1 Å². The Labute approximate surface area is 187 Å². The predicted octanol–water partition coefficient (Wildman–Crippen LogP) is 4.64. The van der Waals surface area contributed by atoms with Gasteiger partial charge < -0.3 is 23.9 Å². The molecule has 0 saturated carbocycles. The lowest BCUT2D eigenvalue weighted by Crippen LogP contribution is -2.54. The summed E-state index contributed by atoms with van der Waals surface area (Å²) >= 11 is 0. The smallest absolute Gasteiger partial charge is 0.342 e. The van der Waals surface area contributed by atoms with E-state index in [2.05, 4.69) is 4.90 Å². The molecule has 0 amide bonds. The standard InChI is InChI=1S/C26H29NO5/c1-2-31-25(29)23-22-19(11-14-27-13-6-12-26(15-27)16-30-17-26)20(28)9-10-21(22)32-24(23)18-7-4-3-5-8-18/h3-5,7-10,28H,2,6,11-17H2,1H3. The van der Waals surface area contributed by atoms with Gasteiger partial charge in [-0.2, -0.15) is 0 Å². The van der Waals surface area contributed by atoms with E-state index in [1.165, 1.54) is 6.42 Å². The van der Waals surface area contributed by atoms with Gasteiger partial charge in [-0.15, -0.1) is 0 Å². The van der Waals surface area contributed by atoms with Crippen molar-refractivity contribution in [3.05, 3.63) is 53.6 Å². The van der Waals surface area contributed by atoms with Crippen molar-refractivity contribution in [1.29, 1.82) is 0 Å². The number of likely N-dealkylation sites (tertiary alicyclic amines) is 1. The maximum absolute atomic E-state index is 13.0. The summed E-state index contributed by atoms with van der Waals surface area (Å²) in [6.45, 7) is 6.63. The van der Waals surface area contributed by atoms with Gasteiger partial charge in [0.05, 0.1) is 19.8 Å². The number of aromatic hydroxyl groups is 1. The van der Waals surface area contributed by atoms with E-state index >= 15 is 0 Å². The van der Waals surface area contributed by atoms with Gasteiger partial charge in [-0.05, 0) is 44.9 Å². The number of rotatable bonds is 6. The number of nitrogens with zero attached hydrogens (tertiary/aromatic N) is 1. The van der Waals surface area contributed by atoms with E-state index in [1.54, 1.807) is 19.1 Å². The van der Waals surface area contributed by atoms with Crippen molar-refractivity contribution >= 4 is 16.9 Å². The van der Waals surface area contributed by atoms with Crippen LogP contribution >= 0.6 is 0 Å². The van der Waals surface area contributed by atoms with Crippen molar-refractivity contribution in [1.82, 2.24) is 4.90 Å². The zero-order valence-corrected chi connectivity index (χ0v) is 18.4. The Morgan fingerprint density at radius 1 is 1.19 bits per heavy atom. The molecule has 1 aromatic heterocycles. The number of hydrogen-bond acceptors (Lipinski definition) is 6. The summed E-state index contributed by atoms with van der Waals surface area (Å²) in [5.74, 6) is 0.233. The van der Waals surface area contributed by atoms with Crippen LogP contribution in [0.2, 0.25) is 0 Å². The molecular weight excluding hydrogens is 406 g/mol. The normalized spacial score (nSPS) is 18.0. The zero-order valence-electron chi connectivity index (χ0n) is 18.4. The first-order valence-corrected chi connectivity index (χ1v) is 11.4. The van der Waals surface area contributed by atoms with Gasteiger partial charge in [0.1, 0.15) is 22.7 Å². The van der Waals surface area contributed by atoms with Gasteiger partial charge in [0, 0.05) is 35.0 Å². The van der Waals surface area contributed by atoms with Crippen LogP contribution in [0, 0.1) is 5.41 Å². The number of carbonyl (C=O) groups is 1. The fourth-order valence-corrected chi connectivity index (χ4v) is 5.09. The minimum atomic E-state index is -0.430. The van der Waals surface area contributed by atoms with Crippen LogP contribution in [0.25, 0.3) is 22.3 Å². The summed E-state index contributed by atoms with van der Waals surface area (Å²) in [5, 5.41) is 11.4. The minimum Gasteiger partial charge on any atom is -0.508 e. The maximum atomic E-state index is 13.0. The Bertz CT molecular complexity index is 1120. The monoisotopic (exact) mass is 435 g/mol. The highest BCUT2D eigenvalue weighted by molar-refractivity contribution is 6.10. The first-order chi connectivity index (χ1) is 15.6. The highest BCUT2D eigenvalue weighted by atomic mass is 16.5. The highest BCUT2D eigenvalue weighted by Gasteiger charge is 2.41. The predicted molar refractivity (Wildman–Crippen MR) is 122 cm³/mol. The van der Waals surface area contributed by atoms with Crippen molar-refractivity contribution in [2.75, 3.05) is 39.5 Å². The average Bonchev–Trinajstić information content (AvgIpc) is 3.18. The Morgan fingerprint density at radius 2 is 2.00 bits per heavy atom. The van der Waals surface area contributed by atoms with E-state index in [-0.39, 0.29) is 12.4 Å². The lowest BCUT2D eigenvalue weighted by molar-refractivity contribution is -0.143. The lowest BCUT2D eigenvalue weighted by atomic mass is 9.78.